The Balaban J connectivity index is 2.01. The molecule has 0 aromatic carbocycles. The molecular weight excluding hydrogens is 218 g/mol. The van der Waals surface area contributed by atoms with Crippen LogP contribution in [0.15, 0.2) is 48.4 Å². The molecule has 4 heteroatoms. The minimum atomic E-state index is 1.04. The van der Waals surface area contributed by atoms with Gasteiger partial charge in [-0.2, -0.15) is 0 Å². The molecule has 0 aliphatic heterocycles. The summed E-state index contributed by atoms with van der Waals surface area (Å²) in [6.07, 6.45) is 7.24. The van der Waals surface area contributed by atoms with Gasteiger partial charge in [-0.3, -0.25) is 9.97 Å². The minimum Gasteiger partial charge on any atom is -0.354 e. The molecule has 0 fully saturated rings. The molecule has 0 spiro atoms. The molecule has 0 aliphatic rings. The number of fused-ring (bicyclic) bond motifs is 1. The van der Waals surface area contributed by atoms with Gasteiger partial charge in [0, 0.05) is 45.9 Å². The van der Waals surface area contributed by atoms with Crippen molar-refractivity contribution in [3.63, 3.8) is 0 Å². The second-order valence-corrected chi connectivity index (χ2v) is 4.29. The molecule has 1 N–H and O–H groups in total. The van der Waals surface area contributed by atoms with Gasteiger partial charge in [0.15, 0.2) is 0 Å². The smallest absolute Gasteiger partial charge is 0.0588 e. The molecule has 0 saturated carbocycles. The quantitative estimate of drug-likeness (QED) is 0.728. The monoisotopic (exact) mass is 227 g/mol. The van der Waals surface area contributed by atoms with Crippen LogP contribution in [-0.2, 0) is 0 Å². The van der Waals surface area contributed by atoms with Crippen LogP contribution in [0.3, 0.4) is 0 Å². The first-order chi connectivity index (χ1) is 7.93. The Bertz CT molecular complexity index is 604. The molecule has 0 bridgehead atoms. The van der Waals surface area contributed by atoms with E-state index in [1.807, 2.05) is 30.6 Å². The molecule has 0 atom stereocenters. The highest BCUT2D eigenvalue weighted by atomic mass is 32.1. The summed E-state index contributed by atoms with van der Waals surface area (Å²) in [6.45, 7) is 0. The van der Waals surface area contributed by atoms with Crippen LogP contribution in [0, 0.1) is 0 Å². The molecular formula is C12H9N3S. The maximum atomic E-state index is 4.14. The molecule has 3 aromatic rings. The van der Waals surface area contributed by atoms with Gasteiger partial charge < -0.3 is 5.32 Å². The summed E-state index contributed by atoms with van der Waals surface area (Å²) >= 11 is 1.72. The van der Waals surface area contributed by atoms with Crippen molar-refractivity contribution in [3.8, 4) is 0 Å². The SMILES string of the molecule is c1cc(Nc2csc3ccncc23)ccn1. The Labute approximate surface area is 96.8 Å². The number of anilines is 2. The average molecular weight is 227 g/mol. The Hall–Kier alpha value is -1.94. The summed E-state index contributed by atoms with van der Waals surface area (Å²) in [5.74, 6) is 0. The maximum absolute atomic E-state index is 4.14. The van der Waals surface area contributed by atoms with E-state index < -0.39 is 0 Å². The number of aromatic nitrogens is 2. The molecule has 3 aromatic heterocycles. The number of pyridine rings is 2. The Morgan fingerprint density at radius 1 is 1.00 bits per heavy atom. The fourth-order valence-corrected chi connectivity index (χ4v) is 2.42. The summed E-state index contributed by atoms with van der Waals surface area (Å²) in [5, 5.41) is 6.62. The standard InChI is InChI=1S/C12H9N3S/c1-4-13-5-2-9(1)15-11-8-16-12-3-6-14-7-10(11)12/h1-8H,(H,13,15). The van der Waals surface area contributed by atoms with E-state index in [9.17, 15) is 0 Å². The van der Waals surface area contributed by atoms with Crippen LogP contribution < -0.4 is 5.32 Å². The van der Waals surface area contributed by atoms with Gasteiger partial charge in [0.25, 0.3) is 0 Å². The van der Waals surface area contributed by atoms with Crippen molar-refractivity contribution in [1.82, 2.24) is 9.97 Å². The van der Waals surface area contributed by atoms with Gasteiger partial charge in [-0.25, -0.2) is 0 Å². The third kappa shape index (κ3) is 1.63. The predicted octanol–water partition coefficient (Wildman–Crippen LogP) is 3.43. The van der Waals surface area contributed by atoms with Crippen LogP contribution >= 0.6 is 11.3 Å². The molecule has 78 valence electrons. The van der Waals surface area contributed by atoms with Crippen molar-refractivity contribution in [2.24, 2.45) is 0 Å². The van der Waals surface area contributed by atoms with Crippen LogP contribution in [0.2, 0.25) is 0 Å². The van der Waals surface area contributed by atoms with Crippen LogP contribution in [-0.4, -0.2) is 9.97 Å². The van der Waals surface area contributed by atoms with E-state index in [1.54, 1.807) is 23.7 Å². The lowest BCUT2D eigenvalue weighted by atomic mass is 10.3. The fourth-order valence-electron chi connectivity index (χ4n) is 1.56. The number of nitrogens with zero attached hydrogens (tertiary/aromatic N) is 2. The van der Waals surface area contributed by atoms with Gasteiger partial charge in [-0.05, 0) is 18.2 Å². The van der Waals surface area contributed by atoms with E-state index in [4.69, 9.17) is 0 Å². The first-order valence-electron chi connectivity index (χ1n) is 4.92. The van der Waals surface area contributed by atoms with Crippen LogP contribution in [0.1, 0.15) is 0 Å². The van der Waals surface area contributed by atoms with Crippen molar-refractivity contribution in [2.75, 3.05) is 5.32 Å². The number of hydrogen-bond acceptors (Lipinski definition) is 4. The second-order valence-electron chi connectivity index (χ2n) is 3.38. The summed E-state index contributed by atoms with van der Waals surface area (Å²) in [7, 11) is 0. The lowest BCUT2D eigenvalue weighted by molar-refractivity contribution is 1.33. The van der Waals surface area contributed by atoms with Gasteiger partial charge >= 0.3 is 0 Å². The zero-order valence-electron chi connectivity index (χ0n) is 8.42. The van der Waals surface area contributed by atoms with Crippen molar-refractivity contribution >= 4 is 32.8 Å². The Morgan fingerprint density at radius 2 is 1.81 bits per heavy atom. The molecule has 0 radical (unpaired) electrons. The van der Waals surface area contributed by atoms with Crippen molar-refractivity contribution in [1.29, 1.82) is 0 Å². The third-order valence-electron chi connectivity index (χ3n) is 2.33. The fraction of sp³-hybridized carbons (Fsp3) is 0. The summed E-state index contributed by atoms with van der Waals surface area (Å²) < 4.78 is 1.24. The van der Waals surface area contributed by atoms with E-state index >= 15 is 0 Å². The van der Waals surface area contributed by atoms with Crippen molar-refractivity contribution in [2.45, 2.75) is 0 Å². The van der Waals surface area contributed by atoms with Gasteiger partial charge in [0.05, 0.1) is 5.69 Å². The maximum Gasteiger partial charge on any atom is 0.0588 e. The second kappa shape index (κ2) is 3.90. The van der Waals surface area contributed by atoms with Crippen molar-refractivity contribution in [3.05, 3.63) is 48.4 Å². The zero-order valence-corrected chi connectivity index (χ0v) is 9.24. The number of rotatable bonds is 2. The van der Waals surface area contributed by atoms with Crippen LogP contribution in [0.4, 0.5) is 11.4 Å². The summed E-state index contributed by atoms with van der Waals surface area (Å²) in [5.41, 5.74) is 2.14. The molecule has 3 rings (SSSR count). The van der Waals surface area contributed by atoms with E-state index in [0.29, 0.717) is 0 Å². The van der Waals surface area contributed by atoms with Gasteiger partial charge in [-0.1, -0.05) is 0 Å². The lowest BCUT2D eigenvalue weighted by Gasteiger charge is -2.03. The summed E-state index contributed by atoms with van der Waals surface area (Å²) in [4.78, 5) is 8.13. The molecule has 0 unspecified atom stereocenters. The highest BCUT2D eigenvalue weighted by Crippen LogP contribution is 2.31. The normalized spacial score (nSPS) is 10.5. The molecule has 0 aliphatic carbocycles. The molecule has 16 heavy (non-hydrogen) atoms. The molecule has 3 heterocycles. The number of nitrogens with one attached hydrogen (secondary N) is 1. The number of hydrogen-bond donors (Lipinski definition) is 1. The Kier molecular flexibility index (Phi) is 2.27. The van der Waals surface area contributed by atoms with Crippen molar-refractivity contribution < 1.29 is 0 Å². The zero-order chi connectivity index (χ0) is 10.8. The van der Waals surface area contributed by atoms with Gasteiger partial charge in [0.2, 0.25) is 0 Å². The molecule has 3 nitrogen and oxygen atoms in total. The van der Waals surface area contributed by atoms with E-state index in [1.165, 1.54) is 4.70 Å². The van der Waals surface area contributed by atoms with E-state index in [-0.39, 0.29) is 0 Å². The first-order valence-corrected chi connectivity index (χ1v) is 5.80. The highest BCUT2D eigenvalue weighted by Gasteiger charge is 2.03. The largest absolute Gasteiger partial charge is 0.354 e. The van der Waals surface area contributed by atoms with Gasteiger partial charge in [-0.15, -0.1) is 11.3 Å². The Morgan fingerprint density at radius 3 is 2.69 bits per heavy atom. The average Bonchev–Trinajstić information content (AvgIpc) is 2.74. The van der Waals surface area contributed by atoms with Gasteiger partial charge in [0.1, 0.15) is 0 Å². The van der Waals surface area contributed by atoms with Crippen LogP contribution in [0.25, 0.3) is 10.1 Å². The van der Waals surface area contributed by atoms with Crippen LogP contribution in [0.5, 0.6) is 0 Å². The highest BCUT2D eigenvalue weighted by molar-refractivity contribution is 7.17. The molecule has 0 saturated heterocycles. The summed E-state index contributed by atoms with van der Waals surface area (Å²) in [6, 6.07) is 5.91. The lowest BCUT2D eigenvalue weighted by Crippen LogP contribution is -1.88. The first kappa shape index (κ1) is 9.30. The number of thiophene rings is 1. The third-order valence-corrected chi connectivity index (χ3v) is 3.30. The van der Waals surface area contributed by atoms with E-state index in [2.05, 4.69) is 20.7 Å². The minimum absolute atomic E-state index is 1.04. The predicted molar refractivity (Wildman–Crippen MR) is 67.1 cm³/mol. The molecule has 0 amide bonds. The topological polar surface area (TPSA) is 37.8 Å². The van der Waals surface area contributed by atoms with E-state index in [0.717, 1.165) is 16.8 Å².